The summed E-state index contributed by atoms with van der Waals surface area (Å²) in [5, 5.41) is 7.73. The molecule has 3 aromatic rings. The number of hydrogen-bond donors (Lipinski definition) is 1. The highest BCUT2D eigenvalue weighted by molar-refractivity contribution is 7.89. The first-order valence-corrected chi connectivity index (χ1v) is 13.8. The third kappa shape index (κ3) is 5.16. The minimum atomic E-state index is -3.51. The van der Waals surface area contributed by atoms with Crippen molar-refractivity contribution in [2.24, 2.45) is 0 Å². The molecule has 8 nitrogen and oxygen atoms in total. The molecule has 1 saturated carbocycles. The molecule has 5 rings (SSSR count). The molecule has 0 spiro atoms. The van der Waals surface area contributed by atoms with E-state index in [1.807, 2.05) is 24.3 Å². The van der Waals surface area contributed by atoms with Crippen LogP contribution in [0.1, 0.15) is 67.0 Å². The maximum absolute atomic E-state index is 12.8. The number of nitrogens with zero attached hydrogens (tertiary/aromatic N) is 4. The van der Waals surface area contributed by atoms with Crippen molar-refractivity contribution in [3.8, 4) is 11.4 Å². The summed E-state index contributed by atoms with van der Waals surface area (Å²) in [6, 6.07) is 14.4. The SMILES string of the molecule is O=C(NCc1cc(-c2ccccn2)n(C2CCCC2)n1)c1ccc(S(=O)(=O)N2CCCCC2)cc1. The van der Waals surface area contributed by atoms with E-state index in [-0.39, 0.29) is 17.3 Å². The average molecular weight is 494 g/mol. The number of rotatable bonds is 7. The van der Waals surface area contributed by atoms with E-state index in [9.17, 15) is 13.2 Å². The van der Waals surface area contributed by atoms with Gasteiger partial charge in [0.15, 0.2) is 0 Å². The van der Waals surface area contributed by atoms with E-state index in [0.717, 1.165) is 49.2 Å². The fraction of sp³-hybridized carbons (Fsp3) is 0.423. The number of pyridine rings is 1. The average Bonchev–Trinajstić information content (AvgIpc) is 3.59. The molecule has 1 saturated heterocycles. The van der Waals surface area contributed by atoms with Gasteiger partial charge < -0.3 is 5.32 Å². The number of sulfonamides is 1. The highest BCUT2D eigenvalue weighted by atomic mass is 32.2. The Bertz CT molecular complexity index is 1260. The Morgan fingerprint density at radius 2 is 1.71 bits per heavy atom. The van der Waals surface area contributed by atoms with Crippen LogP contribution in [0.2, 0.25) is 0 Å². The lowest BCUT2D eigenvalue weighted by molar-refractivity contribution is 0.0950. The zero-order valence-electron chi connectivity index (χ0n) is 19.8. The van der Waals surface area contributed by atoms with Gasteiger partial charge in [-0.2, -0.15) is 9.40 Å². The minimum absolute atomic E-state index is 0.228. The number of nitrogens with one attached hydrogen (secondary N) is 1. The zero-order valence-corrected chi connectivity index (χ0v) is 20.6. The summed E-state index contributed by atoms with van der Waals surface area (Å²) in [6.45, 7) is 1.39. The molecule has 0 bridgehead atoms. The van der Waals surface area contributed by atoms with Gasteiger partial charge in [0, 0.05) is 24.8 Å². The van der Waals surface area contributed by atoms with Crippen molar-refractivity contribution < 1.29 is 13.2 Å². The van der Waals surface area contributed by atoms with E-state index in [4.69, 9.17) is 5.10 Å². The Balaban J connectivity index is 1.28. The third-order valence-electron chi connectivity index (χ3n) is 6.88. The molecule has 35 heavy (non-hydrogen) atoms. The van der Waals surface area contributed by atoms with E-state index in [1.54, 1.807) is 18.3 Å². The molecule has 1 aliphatic heterocycles. The van der Waals surface area contributed by atoms with E-state index < -0.39 is 10.0 Å². The van der Waals surface area contributed by atoms with Crippen LogP contribution >= 0.6 is 0 Å². The van der Waals surface area contributed by atoms with Gasteiger partial charge in [0.1, 0.15) is 0 Å². The van der Waals surface area contributed by atoms with Gasteiger partial charge in [-0.3, -0.25) is 14.5 Å². The van der Waals surface area contributed by atoms with Crippen LogP contribution in [0.25, 0.3) is 11.4 Å². The molecule has 0 atom stereocenters. The fourth-order valence-electron chi connectivity index (χ4n) is 4.97. The maximum Gasteiger partial charge on any atom is 0.251 e. The van der Waals surface area contributed by atoms with Crippen molar-refractivity contribution in [3.63, 3.8) is 0 Å². The van der Waals surface area contributed by atoms with Crippen LogP contribution in [-0.4, -0.2) is 46.5 Å². The van der Waals surface area contributed by atoms with Crippen LogP contribution in [-0.2, 0) is 16.6 Å². The Morgan fingerprint density at radius 3 is 2.40 bits per heavy atom. The van der Waals surface area contributed by atoms with Gasteiger partial charge >= 0.3 is 0 Å². The summed E-state index contributed by atoms with van der Waals surface area (Å²) in [5.41, 5.74) is 3.03. The second kappa shape index (κ2) is 10.3. The predicted molar refractivity (Wildman–Crippen MR) is 133 cm³/mol. The Kier molecular flexibility index (Phi) is 6.97. The lowest BCUT2D eigenvalue weighted by Gasteiger charge is -2.25. The highest BCUT2D eigenvalue weighted by Crippen LogP contribution is 2.33. The van der Waals surface area contributed by atoms with E-state index in [2.05, 4.69) is 15.0 Å². The first-order chi connectivity index (χ1) is 17.0. The molecule has 1 N–H and O–H groups in total. The number of piperidine rings is 1. The number of benzene rings is 1. The van der Waals surface area contributed by atoms with Gasteiger partial charge in [-0.15, -0.1) is 0 Å². The van der Waals surface area contributed by atoms with Crippen molar-refractivity contribution in [2.75, 3.05) is 13.1 Å². The number of carbonyl (C=O) groups excluding carboxylic acids is 1. The highest BCUT2D eigenvalue weighted by Gasteiger charge is 2.26. The normalized spacial score (nSPS) is 17.5. The topological polar surface area (TPSA) is 97.2 Å². The Labute approximate surface area is 206 Å². The third-order valence-corrected chi connectivity index (χ3v) is 8.80. The van der Waals surface area contributed by atoms with Crippen molar-refractivity contribution >= 4 is 15.9 Å². The van der Waals surface area contributed by atoms with E-state index in [0.29, 0.717) is 24.7 Å². The van der Waals surface area contributed by atoms with Gasteiger partial charge in [0.05, 0.1) is 34.6 Å². The molecule has 1 aliphatic carbocycles. The quantitative estimate of drug-likeness (QED) is 0.533. The first kappa shape index (κ1) is 23.7. The number of aromatic nitrogens is 3. The molecule has 2 aromatic heterocycles. The van der Waals surface area contributed by atoms with Gasteiger partial charge in [-0.1, -0.05) is 25.3 Å². The second-order valence-electron chi connectivity index (χ2n) is 9.29. The summed E-state index contributed by atoms with van der Waals surface area (Å²) in [4.78, 5) is 17.5. The van der Waals surface area contributed by atoms with Crippen LogP contribution in [0, 0.1) is 0 Å². The van der Waals surface area contributed by atoms with Crippen molar-refractivity contribution in [2.45, 2.75) is 62.4 Å². The molecule has 0 radical (unpaired) electrons. The summed E-state index contributed by atoms with van der Waals surface area (Å²) >= 11 is 0. The van der Waals surface area contributed by atoms with Gasteiger partial charge in [0.2, 0.25) is 10.0 Å². The molecule has 2 fully saturated rings. The molecule has 1 aromatic carbocycles. The second-order valence-corrected chi connectivity index (χ2v) is 11.2. The smallest absolute Gasteiger partial charge is 0.251 e. The first-order valence-electron chi connectivity index (χ1n) is 12.4. The number of carbonyl (C=O) groups is 1. The molecule has 1 amide bonds. The summed E-state index contributed by atoms with van der Waals surface area (Å²) in [6.07, 6.45) is 9.20. The van der Waals surface area contributed by atoms with Crippen LogP contribution in [0.4, 0.5) is 0 Å². The molecular formula is C26H31N5O3S. The van der Waals surface area contributed by atoms with E-state index >= 15 is 0 Å². The van der Waals surface area contributed by atoms with Gasteiger partial charge in [-0.25, -0.2) is 8.42 Å². The standard InChI is InChI=1S/C26H31N5O3S/c32-26(20-11-13-23(14-12-20)35(33,34)30-16-6-1-7-17-30)28-19-21-18-25(24-10-4-5-15-27-24)31(29-21)22-8-2-3-9-22/h4-5,10-15,18,22H,1-3,6-9,16-17,19H2,(H,28,32). The molecule has 9 heteroatoms. The summed E-state index contributed by atoms with van der Waals surface area (Å²) in [7, 11) is -3.51. The molecule has 0 unspecified atom stereocenters. The summed E-state index contributed by atoms with van der Waals surface area (Å²) in [5.74, 6) is -0.262. The van der Waals surface area contributed by atoms with Crippen LogP contribution in [0.5, 0.6) is 0 Å². The minimum Gasteiger partial charge on any atom is -0.346 e. The Morgan fingerprint density at radius 1 is 0.971 bits per heavy atom. The lowest BCUT2D eigenvalue weighted by atomic mass is 10.2. The van der Waals surface area contributed by atoms with Crippen molar-refractivity contribution in [1.29, 1.82) is 0 Å². The monoisotopic (exact) mass is 493 g/mol. The van der Waals surface area contributed by atoms with E-state index in [1.165, 1.54) is 29.3 Å². The molecular weight excluding hydrogens is 462 g/mol. The van der Waals surface area contributed by atoms with Crippen LogP contribution < -0.4 is 5.32 Å². The number of amides is 1. The van der Waals surface area contributed by atoms with Crippen LogP contribution in [0.3, 0.4) is 0 Å². The van der Waals surface area contributed by atoms with Gasteiger partial charge in [-0.05, 0) is 68.1 Å². The zero-order chi connectivity index (χ0) is 24.3. The molecule has 2 aliphatic rings. The largest absolute Gasteiger partial charge is 0.346 e. The maximum atomic E-state index is 12.8. The molecule has 184 valence electrons. The lowest BCUT2D eigenvalue weighted by Crippen LogP contribution is -2.35. The van der Waals surface area contributed by atoms with Crippen molar-refractivity contribution in [3.05, 3.63) is 66.0 Å². The summed E-state index contributed by atoms with van der Waals surface area (Å²) < 4.78 is 29.3. The number of hydrogen-bond acceptors (Lipinski definition) is 5. The van der Waals surface area contributed by atoms with Gasteiger partial charge in [0.25, 0.3) is 5.91 Å². The molecule has 3 heterocycles. The van der Waals surface area contributed by atoms with Crippen molar-refractivity contribution in [1.82, 2.24) is 24.4 Å². The van der Waals surface area contributed by atoms with Crippen LogP contribution in [0.15, 0.2) is 59.6 Å². The fourth-order valence-corrected chi connectivity index (χ4v) is 6.49. The Hall–Kier alpha value is -3.04. The predicted octanol–water partition coefficient (Wildman–Crippen LogP) is 4.16.